The van der Waals surface area contributed by atoms with Crippen molar-refractivity contribution < 1.29 is 14.3 Å². The predicted molar refractivity (Wildman–Crippen MR) is 79.8 cm³/mol. The fourth-order valence-corrected chi connectivity index (χ4v) is 2.87. The SMILES string of the molecule is COc1cc(C)ccc1C(=O)N1CCN(C2COC2)CC1. The Bertz CT molecular complexity index is 520. The van der Waals surface area contributed by atoms with Crippen LogP contribution in [0.5, 0.6) is 5.75 Å². The van der Waals surface area contributed by atoms with E-state index in [-0.39, 0.29) is 5.91 Å². The van der Waals surface area contributed by atoms with Crippen LogP contribution in [0.3, 0.4) is 0 Å². The molecule has 0 unspecified atom stereocenters. The van der Waals surface area contributed by atoms with Crippen LogP contribution >= 0.6 is 0 Å². The van der Waals surface area contributed by atoms with Crippen molar-refractivity contribution in [3.8, 4) is 5.75 Å². The molecule has 5 heteroatoms. The molecule has 1 aromatic rings. The van der Waals surface area contributed by atoms with Crippen LogP contribution in [0.1, 0.15) is 15.9 Å². The van der Waals surface area contributed by atoms with Gasteiger partial charge in [0.05, 0.1) is 31.9 Å². The standard InChI is InChI=1S/C16H22N2O3/c1-12-3-4-14(15(9-12)20-2)16(19)18-7-5-17(6-8-18)13-10-21-11-13/h3-4,9,13H,5-8,10-11H2,1-2H3. The van der Waals surface area contributed by atoms with Crippen LogP contribution in [0, 0.1) is 6.92 Å². The molecule has 1 aromatic carbocycles. The van der Waals surface area contributed by atoms with Crippen LogP contribution < -0.4 is 4.74 Å². The smallest absolute Gasteiger partial charge is 0.257 e. The first kappa shape index (κ1) is 14.4. The van der Waals surface area contributed by atoms with Gasteiger partial charge >= 0.3 is 0 Å². The number of amides is 1. The Morgan fingerprint density at radius 1 is 1.24 bits per heavy atom. The molecule has 2 aliphatic rings. The Kier molecular flexibility index (Phi) is 4.12. The van der Waals surface area contributed by atoms with E-state index in [1.54, 1.807) is 7.11 Å². The molecule has 2 aliphatic heterocycles. The Hall–Kier alpha value is -1.59. The van der Waals surface area contributed by atoms with Crippen LogP contribution in [-0.4, -0.2) is 68.3 Å². The quantitative estimate of drug-likeness (QED) is 0.838. The van der Waals surface area contributed by atoms with E-state index < -0.39 is 0 Å². The van der Waals surface area contributed by atoms with Gasteiger partial charge in [0.2, 0.25) is 0 Å². The summed E-state index contributed by atoms with van der Waals surface area (Å²) < 4.78 is 10.6. The second-order valence-electron chi connectivity index (χ2n) is 5.72. The molecule has 0 atom stereocenters. The van der Waals surface area contributed by atoms with Crippen molar-refractivity contribution in [2.24, 2.45) is 0 Å². The van der Waals surface area contributed by atoms with Crippen LogP contribution in [0.2, 0.25) is 0 Å². The minimum atomic E-state index is 0.0661. The lowest BCUT2D eigenvalue weighted by molar-refractivity contribution is -0.0746. The van der Waals surface area contributed by atoms with Crippen molar-refractivity contribution in [3.05, 3.63) is 29.3 Å². The highest BCUT2D eigenvalue weighted by Crippen LogP contribution is 2.23. The number of methoxy groups -OCH3 is 1. The van der Waals surface area contributed by atoms with Crippen molar-refractivity contribution in [1.82, 2.24) is 9.80 Å². The first-order chi connectivity index (χ1) is 10.2. The molecule has 1 amide bonds. The highest BCUT2D eigenvalue weighted by molar-refractivity contribution is 5.97. The van der Waals surface area contributed by atoms with Crippen LogP contribution in [0.25, 0.3) is 0 Å². The minimum Gasteiger partial charge on any atom is -0.496 e. The summed E-state index contributed by atoms with van der Waals surface area (Å²) in [6.07, 6.45) is 0. The van der Waals surface area contributed by atoms with Crippen molar-refractivity contribution >= 4 is 5.91 Å². The summed E-state index contributed by atoms with van der Waals surface area (Å²) in [5, 5.41) is 0. The Balaban J connectivity index is 1.66. The summed E-state index contributed by atoms with van der Waals surface area (Å²) in [4.78, 5) is 17.0. The molecule has 5 nitrogen and oxygen atoms in total. The number of rotatable bonds is 3. The summed E-state index contributed by atoms with van der Waals surface area (Å²) in [5.41, 5.74) is 1.75. The summed E-state index contributed by atoms with van der Waals surface area (Å²) in [7, 11) is 1.61. The fraction of sp³-hybridized carbons (Fsp3) is 0.562. The highest BCUT2D eigenvalue weighted by atomic mass is 16.5. The maximum Gasteiger partial charge on any atom is 0.257 e. The van der Waals surface area contributed by atoms with Gasteiger partial charge in [-0.25, -0.2) is 0 Å². The molecule has 0 bridgehead atoms. The van der Waals surface area contributed by atoms with Gasteiger partial charge in [-0.1, -0.05) is 6.07 Å². The lowest BCUT2D eigenvalue weighted by atomic mass is 10.1. The molecule has 0 saturated carbocycles. The Labute approximate surface area is 125 Å². The molecule has 0 aromatic heterocycles. The van der Waals surface area contributed by atoms with Gasteiger partial charge in [-0.15, -0.1) is 0 Å². The molecule has 0 radical (unpaired) electrons. The molecule has 3 rings (SSSR count). The summed E-state index contributed by atoms with van der Waals surface area (Å²) >= 11 is 0. The summed E-state index contributed by atoms with van der Waals surface area (Å²) in [6.45, 7) is 7.05. The van der Waals surface area contributed by atoms with Gasteiger partial charge in [0.15, 0.2) is 0 Å². The normalized spacial score (nSPS) is 20.2. The lowest BCUT2D eigenvalue weighted by Crippen LogP contribution is -2.57. The number of benzene rings is 1. The number of ether oxygens (including phenoxy) is 2. The molecule has 114 valence electrons. The third kappa shape index (κ3) is 2.89. The van der Waals surface area contributed by atoms with Gasteiger partial charge in [-0.2, -0.15) is 0 Å². The fourth-order valence-electron chi connectivity index (χ4n) is 2.87. The van der Waals surface area contributed by atoms with E-state index in [9.17, 15) is 4.79 Å². The summed E-state index contributed by atoms with van der Waals surface area (Å²) in [5.74, 6) is 0.728. The monoisotopic (exact) mass is 290 g/mol. The first-order valence-corrected chi connectivity index (χ1v) is 7.45. The lowest BCUT2D eigenvalue weighted by Gasteiger charge is -2.42. The maximum atomic E-state index is 12.7. The number of hydrogen-bond donors (Lipinski definition) is 0. The number of aryl methyl sites for hydroxylation is 1. The second kappa shape index (κ2) is 6.03. The summed E-state index contributed by atoms with van der Waals surface area (Å²) in [6, 6.07) is 6.28. The van der Waals surface area contributed by atoms with Gasteiger partial charge in [-0.05, 0) is 24.6 Å². The molecule has 0 spiro atoms. The molecule has 2 heterocycles. The highest BCUT2D eigenvalue weighted by Gasteiger charge is 2.31. The molecular formula is C16H22N2O3. The van der Waals surface area contributed by atoms with E-state index in [2.05, 4.69) is 4.90 Å². The topological polar surface area (TPSA) is 42.0 Å². The van der Waals surface area contributed by atoms with Gasteiger partial charge in [0.25, 0.3) is 5.91 Å². The Morgan fingerprint density at radius 3 is 2.52 bits per heavy atom. The third-order valence-corrected chi connectivity index (χ3v) is 4.33. The first-order valence-electron chi connectivity index (χ1n) is 7.45. The molecule has 0 N–H and O–H groups in total. The van der Waals surface area contributed by atoms with E-state index in [0.717, 1.165) is 45.0 Å². The maximum absolute atomic E-state index is 12.7. The zero-order chi connectivity index (χ0) is 14.8. The second-order valence-corrected chi connectivity index (χ2v) is 5.72. The van der Waals surface area contributed by atoms with Crippen molar-refractivity contribution in [1.29, 1.82) is 0 Å². The van der Waals surface area contributed by atoms with E-state index in [0.29, 0.717) is 17.4 Å². The minimum absolute atomic E-state index is 0.0661. The molecule has 2 saturated heterocycles. The van der Waals surface area contributed by atoms with E-state index in [1.165, 1.54) is 0 Å². The number of carbonyl (C=O) groups excluding carboxylic acids is 1. The van der Waals surface area contributed by atoms with E-state index in [1.807, 2.05) is 30.0 Å². The van der Waals surface area contributed by atoms with E-state index in [4.69, 9.17) is 9.47 Å². The molecule has 0 aliphatic carbocycles. The van der Waals surface area contributed by atoms with Crippen LogP contribution in [0.15, 0.2) is 18.2 Å². The van der Waals surface area contributed by atoms with Gasteiger partial charge in [-0.3, -0.25) is 9.69 Å². The van der Waals surface area contributed by atoms with Crippen LogP contribution in [-0.2, 0) is 4.74 Å². The average Bonchev–Trinajstić information content (AvgIpc) is 2.45. The van der Waals surface area contributed by atoms with Crippen molar-refractivity contribution in [2.45, 2.75) is 13.0 Å². The number of hydrogen-bond acceptors (Lipinski definition) is 4. The number of nitrogens with zero attached hydrogens (tertiary/aromatic N) is 2. The van der Waals surface area contributed by atoms with Gasteiger partial charge < -0.3 is 14.4 Å². The van der Waals surface area contributed by atoms with E-state index >= 15 is 0 Å². The van der Waals surface area contributed by atoms with Crippen LogP contribution in [0.4, 0.5) is 0 Å². The predicted octanol–water partition coefficient (Wildman–Crippen LogP) is 1.16. The third-order valence-electron chi connectivity index (χ3n) is 4.33. The molecule has 2 fully saturated rings. The zero-order valence-electron chi connectivity index (χ0n) is 12.7. The molecular weight excluding hydrogens is 268 g/mol. The van der Waals surface area contributed by atoms with Gasteiger partial charge in [0, 0.05) is 26.2 Å². The number of carbonyl (C=O) groups is 1. The van der Waals surface area contributed by atoms with Crippen molar-refractivity contribution in [2.75, 3.05) is 46.5 Å². The Morgan fingerprint density at radius 2 is 1.95 bits per heavy atom. The zero-order valence-corrected chi connectivity index (χ0v) is 12.7. The largest absolute Gasteiger partial charge is 0.496 e. The van der Waals surface area contributed by atoms with Gasteiger partial charge in [0.1, 0.15) is 5.75 Å². The van der Waals surface area contributed by atoms with Crippen molar-refractivity contribution in [3.63, 3.8) is 0 Å². The molecule has 21 heavy (non-hydrogen) atoms. The number of piperazine rings is 1. The average molecular weight is 290 g/mol.